The number of benzene rings is 1. The number of aliphatic hydroxyl groups is 1. The van der Waals surface area contributed by atoms with Crippen molar-refractivity contribution in [3.63, 3.8) is 0 Å². The summed E-state index contributed by atoms with van der Waals surface area (Å²) in [6, 6.07) is 6.89. The predicted molar refractivity (Wildman–Crippen MR) is 69.2 cm³/mol. The van der Waals surface area contributed by atoms with Crippen molar-refractivity contribution in [3.8, 4) is 6.07 Å². The maximum Gasteiger partial charge on any atom is 0.321 e. The first-order valence-corrected chi connectivity index (χ1v) is 5.80. The minimum Gasteiger partial charge on any atom is -0.395 e. The van der Waals surface area contributed by atoms with Crippen LogP contribution in [0.3, 0.4) is 0 Å². The van der Waals surface area contributed by atoms with Crippen LogP contribution in [0.1, 0.15) is 18.1 Å². The number of carbonyl (C=O) groups is 1. The molecular weight excluding hydrogens is 230 g/mol. The molecule has 0 saturated carbocycles. The first-order chi connectivity index (χ1) is 8.62. The topological polar surface area (TPSA) is 76.4 Å². The van der Waals surface area contributed by atoms with Crippen LogP contribution in [0.25, 0.3) is 0 Å². The molecule has 0 aliphatic rings. The van der Waals surface area contributed by atoms with E-state index >= 15 is 0 Å². The number of urea groups is 1. The zero-order valence-electron chi connectivity index (χ0n) is 10.6. The Hall–Kier alpha value is -2.06. The van der Waals surface area contributed by atoms with Gasteiger partial charge < -0.3 is 15.3 Å². The van der Waals surface area contributed by atoms with Crippen LogP contribution in [0.5, 0.6) is 0 Å². The molecule has 0 aliphatic carbocycles. The van der Waals surface area contributed by atoms with Crippen LogP contribution < -0.4 is 5.32 Å². The summed E-state index contributed by atoms with van der Waals surface area (Å²) in [6.07, 6.45) is 0. The molecule has 1 rings (SSSR count). The van der Waals surface area contributed by atoms with Crippen LogP contribution in [0.15, 0.2) is 18.2 Å². The van der Waals surface area contributed by atoms with Gasteiger partial charge in [0.05, 0.1) is 18.2 Å². The number of nitrogens with one attached hydrogen (secondary N) is 1. The number of hydrogen-bond acceptors (Lipinski definition) is 3. The highest BCUT2D eigenvalue weighted by atomic mass is 16.3. The quantitative estimate of drug-likeness (QED) is 0.850. The van der Waals surface area contributed by atoms with Crippen LogP contribution in [0.4, 0.5) is 10.5 Å². The summed E-state index contributed by atoms with van der Waals surface area (Å²) in [6.45, 7) is 4.44. The van der Waals surface area contributed by atoms with E-state index in [1.807, 2.05) is 19.9 Å². The highest BCUT2D eigenvalue weighted by Gasteiger charge is 2.12. The van der Waals surface area contributed by atoms with E-state index in [0.29, 0.717) is 24.3 Å². The molecule has 96 valence electrons. The van der Waals surface area contributed by atoms with Gasteiger partial charge in [0, 0.05) is 18.8 Å². The van der Waals surface area contributed by atoms with Crippen LogP contribution >= 0.6 is 0 Å². The zero-order valence-corrected chi connectivity index (χ0v) is 10.6. The standard InChI is InChI=1S/C13H17N3O2/c1-3-16(6-7-17)13(18)15-12-8-11(9-14)5-4-10(12)2/h4-5,8,17H,3,6-7H2,1-2H3,(H,15,18). The Bertz CT molecular complexity index is 466. The minimum absolute atomic E-state index is 0.0710. The van der Waals surface area contributed by atoms with Crippen molar-refractivity contribution in [1.82, 2.24) is 4.90 Å². The number of amides is 2. The molecule has 0 aliphatic heterocycles. The number of rotatable bonds is 4. The Labute approximate surface area is 107 Å². The van der Waals surface area contributed by atoms with Crippen LogP contribution in [0.2, 0.25) is 0 Å². The van der Waals surface area contributed by atoms with Gasteiger partial charge in [-0.3, -0.25) is 0 Å². The summed E-state index contributed by atoms with van der Waals surface area (Å²) in [5, 5.41) is 20.4. The minimum atomic E-state index is -0.273. The summed E-state index contributed by atoms with van der Waals surface area (Å²) in [5.41, 5.74) is 2.01. The third-order valence-electron chi connectivity index (χ3n) is 2.65. The lowest BCUT2D eigenvalue weighted by Crippen LogP contribution is -2.36. The number of aryl methyl sites for hydroxylation is 1. The third kappa shape index (κ3) is 3.47. The van der Waals surface area contributed by atoms with E-state index in [4.69, 9.17) is 10.4 Å². The number of aliphatic hydroxyl groups excluding tert-OH is 1. The summed E-state index contributed by atoms with van der Waals surface area (Å²) < 4.78 is 0. The smallest absolute Gasteiger partial charge is 0.321 e. The maximum atomic E-state index is 11.9. The predicted octanol–water partition coefficient (Wildman–Crippen LogP) is 1.71. The van der Waals surface area contributed by atoms with Crippen LogP contribution in [0, 0.1) is 18.3 Å². The average Bonchev–Trinajstić information content (AvgIpc) is 2.38. The fraction of sp³-hybridized carbons (Fsp3) is 0.385. The molecule has 5 nitrogen and oxygen atoms in total. The van der Waals surface area contributed by atoms with E-state index in [0.717, 1.165) is 5.56 Å². The molecule has 2 N–H and O–H groups in total. The lowest BCUT2D eigenvalue weighted by Gasteiger charge is -2.20. The lowest BCUT2D eigenvalue weighted by molar-refractivity contribution is 0.192. The van der Waals surface area contributed by atoms with Gasteiger partial charge in [-0.05, 0) is 31.5 Å². The molecule has 0 saturated heterocycles. The second kappa shape index (κ2) is 6.62. The Morgan fingerprint density at radius 1 is 1.56 bits per heavy atom. The molecule has 0 radical (unpaired) electrons. The zero-order chi connectivity index (χ0) is 13.5. The van der Waals surface area contributed by atoms with Gasteiger partial charge in [-0.15, -0.1) is 0 Å². The van der Waals surface area contributed by atoms with Gasteiger partial charge in [0.15, 0.2) is 0 Å². The number of carbonyl (C=O) groups excluding carboxylic acids is 1. The molecule has 0 unspecified atom stereocenters. The monoisotopic (exact) mass is 247 g/mol. The largest absolute Gasteiger partial charge is 0.395 e. The Morgan fingerprint density at radius 2 is 2.28 bits per heavy atom. The molecule has 2 amide bonds. The van der Waals surface area contributed by atoms with Gasteiger partial charge in [0.1, 0.15) is 0 Å². The van der Waals surface area contributed by atoms with E-state index in [9.17, 15) is 4.79 Å². The first kappa shape index (κ1) is 14.0. The molecule has 0 fully saturated rings. The highest BCUT2D eigenvalue weighted by Crippen LogP contribution is 2.16. The van der Waals surface area contributed by atoms with Crippen molar-refractivity contribution < 1.29 is 9.90 Å². The summed E-state index contributed by atoms with van der Waals surface area (Å²) >= 11 is 0. The Balaban J connectivity index is 2.84. The van der Waals surface area contributed by atoms with Crippen LogP contribution in [-0.4, -0.2) is 35.7 Å². The summed E-state index contributed by atoms with van der Waals surface area (Å²) in [5.74, 6) is 0. The first-order valence-electron chi connectivity index (χ1n) is 5.80. The second-order valence-corrected chi connectivity index (χ2v) is 3.87. The fourth-order valence-electron chi connectivity index (χ4n) is 1.54. The SMILES string of the molecule is CCN(CCO)C(=O)Nc1cc(C#N)ccc1C. The number of likely N-dealkylation sites (N-methyl/N-ethyl adjacent to an activating group) is 1. The van der Waals surface area contributed by atoms with E-state index in [1.165, 1.54) is 4.90 Å². The molecule has 18 heavy (non-hydrogen) atoms. The van der Waals surface area contributed by atoms with Gasteiger partial charge in [-0.25, -0.2) is 4.79 Å². The average molecular weight is 247 g/mol. The van der Waals surface area contributed by atoms with Gasteiger partial charge in [-0.1, -0.05) is 6.07 Å². The van der Waals surface area contributed by atoms with Gasteiger partial charge in [0.25, 0.3) is 0 Å². The molecular formula is C13H17N3O2. The van der Waals surface area contributed by atoms with Crippen molar-refractivity contribution in [2.75, 3.05) is 25.0 Å². The molecule has 1 aromatic rings. The highest BCUT2D eigenvalue weighted by molar-refractivity contribution is 5.90. The van der Waals surface area contributed by atoms with Crippen molar-refractivity contribution >= 4 is 11.7 Å². The van der Waals surface area contributed by atoms with E-state index in [1.54, 1.807) is 18.2 Å². The van der Waals surface area contributed by atoms with Crippen molar-refractivity contribution in [2.24, 2.45) is 0 Å². The second-order valence-electron chi connectivity index (χ2n) is 3.87. The lowest BCUT2D eigenvalue weighted by atomic mass is 10.1. The molecule has 5 heteroatoms. The normalized spacial score (nSPS) is 9.67. The number of anilines is 1. The molecule has 0 heterocycles. The van der Waals surface area contributed by atoms with Crippen molar-refractivity contribution in [3.05, 3.63) is 29.3 Å². The van der Waals surface area contributed by atoms with Gasteiger partial charge >= 0.3 is 6.03 Å². The molecule has 1 aromatic carbocycles. The van der Waals surface area contributed by atoms with Gasteiger partial charge in [0.2, 0.25) is 0 Å². The summed E-state index contributed by atoms with van der Waals surface area (Å²) in [4.78, 5) is 13.4. The van der Waals surface area contributed by atoms with Gasteiger partial charge in [-0.2, -0.15) is 5.26 Å². The molecule has 0 aromatic heterocycles. The molecule has 0 bridgehead atoms. The Morgan fingerprint density at radius 3 is 2.83 bits per heavy atom. The summed E-state index contributed by atoms with van der Waals surface area (Å²) in [7, 11) is 0. The van der Waals surface area contributed by atoms with E-state index in [2.05, 4.69) is 5.32 Å². The Kier molecular flexibility index (Phi) is 5.15. The molecule has 0 spiro atoms. The number of hydrogen-bond donors (Lipinski definition) is 2. The van der Waals surface area contributed by atoms with E-state index < -0.39 is 0 Å². The fourth-order valence-corrected chi connectivity index (χ4v) is 1.54. The maximum absolute atomic E-state index is 11.9. The van der Waals surface area contributed by atoms with E-state index in [-0.39, 0.29) is 12.6 Å². The molecule has 0 atom stereocenters. The van der Waals surface area contributed by atoms with Crippen molar-refractivity contribution in [1.29, 1.82) is 5.26 Å². The third-order valence-corrected chi connectivity index (χ3v) is 2.65. The van der Waals surface area contributed by atoms with Crippen molar-refractivity contribution in [2.45, 2.75) is 13.8 Å². The van der Waals surface area contributed by atoms with Crippen LogP contribution in [-0.2, 0) is 0 Å². The number of nitriles is 1. The number of nitrogens with zero attached hydrogens (tertiary/aromatic N) is 2.